The van der Waals surface area contributed by atoms with Gasteiger partial charge in [0.25, 0.3) is 0 Å². The predicted molar refractivity (Wildman–Crippen MR) is 137 cm³/mol. The minimum atomic E-state index is -0.317. The number of anilines is 1. The molecule has 0 aliphatic carbocycles. The van der Waals surface area contributed by atoms with Crippen molar-refractivity contribution in [1.29, 1.82) is 5.26 Å². The number of imidazole rings is 1. The van der Waals surface area contributed by atoms with Crippen LogP contribution in [0, 0.1) is 17.2 Å². The van der Waals surface area contributed by atoms with E-state index in [9.17, 15) is 5.11 Å². The van der Waals surface area contributed by atoms with Crippen LogP contribution in [-0.4, -0.2) is 64.0 Å². The number of β-amino-alcohol motifs (C(OH)–C–C–N with tert-alkyl or cyclic N) is 1. The molecule has 4 heterocycles. The van der Waals surface area contributed by atoms with E-state index in [1.807, 2.05) is 36.7 Å². The summed E-state index contributed by atoms with van der Waals surface area (Å²) in [4.78, 5) is 9.14. The number of benzene rings is 2. The Balaban J connectivity index is 1.36. The molecule has 0 spiro atoms. The smallest absolute Gasteiger partial charge is 0.161 e. The quantitative estimate of drug-likeness (QED) is 0.440. The molecular formula is C28H28N6O. The largest absolute Gasteiger partial charge is 0.391 e. The molecule has 1 saturated heterocycles. The molecule has 0 radical (unpaired) electrons. The third-order valence-electron chi connectivity index (χ3n) is 7.15. The molecule has 1 fully saturated rings. The fourth-order valence-electron chi connectivity index (χ4n) is 5.44. The SMILES string of the molecule is CN(C)CC1CN(c2ccc3c(c2)Cn2cc(-c4ccc(C#N)cc4)cc2-c2nccn2-3)C[C@H]1O. The number of hydrogen-bond acceptors (Lipinski definition) is 5. The van der Waals surface area contributed by atoms with Crippen molar-refractivity contribution in [1.82, 2.24) is 19.0 Å². The average molecular weight is 465 g/mol. The van der Waals surface area contributed by atoms with E-state index in [0.717, 1.165) is 53.7 Å². The van der Waals surface area contributed by atoms with Crippen LogP contribution < -0.4 is 4.90 Å². The van der Waals surface area contributed by atoms with Crippen LogP contribution in [-0.2, 0) is 6.54 Å². The summed E-state index contributed by atoms with van der Waals surface area (Å²) in [6, 6.07) is 18.7. The number of rotatable bonds is 4. The molecule has 6 rings (SSSR count). The molecule has 2 aliphatic rings. The van der Waals surface area contributed by atoms with Gasteiger partial charge >= 0.3 is 0 Å². The van der Waals surface area contributed by atoms with Gasteiger partial charge < -0.3 is 19.5 Å². The molecule has 0 saturated carbocycles. The second-order valence-corrected chi connectivity index (χ2v) is 9.86. The third kappa shape index (κ3) is 3.81. The summed E-state index contributed by atoms with van der Waals surface area (Å²) in [5, 5.41) is 19.8. The third-order valence-corrected chi connectivity index (χ3v) is 7.15. The monoisotopic (exact) mass is 464 g/mol. The van der Waals surface area contributed by atoms with Crippen molar-refractivity contribution in [3.8, 4) is 34.4 Å². The average Bonchev–Trinajstić information content (AvgIpc) is 3.56. The van der Waals surface area contributed by atoms with Gasteiger partial charge in [-0.2, -0.15) is 5.26 Å². The first-order chi connectivity index (χ1) is 17.0. The van der Waals surface area contributed by atoms with E-state index in [0.29, 0.717) is 12.1 Å². The zero-order chi connectivity index (χ0) is 24.1. The van der Waals surface area contributed by atoms with Crippen molar-refractivity contribution < 1.29 is 5.11 Å². The molecule has 4 aromatic rings. The number of aliphatic hydroxyl groups excluding tert-OH is 1. The Labute approximate surface area is 205 Å². The molecule has 2 aromatic carbocycles. The lowest BCUT2D eigenvalue weighted by Gasteiger charge is -2.21. The standard InChI is InChI=1S/C28H28N6O/c1-31(2)14-23-17-32(18-27(23)35)24-7-8-25-22(11-24)16-33-15-21(20-5-3-19(13-29)4-6-20)12-26(33)28-30-9-10-34(25)28/h3-12,15,23,27,35H,14,16-18H2,1-2H3/t23?,27-/m1/s1. The van der Waals surface area contributed by atoms with Crippen molar-refractivity contribution in [2.24, 2.45) is 5.92 Å². The Bertz CT molecular complexity index is 1420. The summed E-state index contributed by atoms with van der Waals surface area (Å²) in [7, 11) is 4.11. The van der Waals surface area contributed by atoms with Crippen LogP contribution >= 0.6 is 0 Å². The number of aromatic nitrogens is 3. The summed E-state index contributed by atoms with van der Waals surface area (Å²) in [5.41, 5.74) is 7.40. The highest BCUT2D eigenvalue weighted by Crippen LogP contribution is 2.36. The van der Waals surface area contributed by atoms with Gasteiger partial charge in [0.1, 0.15) is 0 Å². The van der Waals surface area contributed by atoms with Gasteiger partial charge in [-0.1, -0.05) is 12.1 Å². The molecule has 7 nitrogen and oxygen atoms in total. The second-order valence-electron chi connectivity index (χ2n) is 9.86. The Hall–Kier alpha value is -3.86. The highest BCUT2D eigenvalue weighted by molar-refractivity contribution is 5.72. The molecule has 0 amide bonds. The Morgan fingerprint density at radius 2 is 1.91 bits per heavy atom. The Kier molecular flexibility index (Phi) is 5.21. The minimum Gasteiger partial charge on any atom is -0.391 e. The molecule has 2 aromatic heterocycles. The van der Waals surface area contributed by atoms with Crippen molar-refractivity contribution in [2.45, 2.75) is 12.6 Å². The normalized spacial score (nSPS) is 18.7. The molecule has 0 bridgehead atoms. The van der Waals surface area contributed by atoms with Crippen LogP contribution in [0.2, 0.25) is 0 Å². The number of aliphatic hydroxyl groups is 1. The van der Waals surface area contributed by atoms with E-state index in [2.05, 4.69) is 74.5 Å². The molecule has 1 N–H and O–H groups in total. The maximum Gasteiger partial charge on any atom is 0.161 e. The van der Waals surface area contributed by atoms with Gasteiger partial charge in [0, 0.05) is 61.9 Å². The number of nitriles is 1. The maximum atomic E-state index is 10.6. The van der Waals surface area contributed by atoms with Gasteiger partial charge in [0.05, 0.1) is 29.1 Å². The van der Waals surface area contributed by atoms with E-state index >= 15 is 0 Å². The van der Waals surface area contributed by atoms with Crippen LogP contribution in [0.5, 0.6) is 0 Å². The lowest BCUT2D eigenvalue weighted by molar-refractivity contribution is 0.130. The Morgan fingerprint density at radius 1 is 1.09 bits per heavy atom. The summed E-state index contributed by atoms with van der Waals surface area (Å²) >= 11 is 0. The van der Waals surface area contributed by atoms with E-state index in [-0.39, 0.29) is 12.0 Å². The molecule has 7 heteroatoms. The van der Waals surface area contributed by atoms with E-state index < -0.39 is 0 Å². The molecule has 2 atom stereocenters. The number of hydrogen-bond donors (Lipinski definition) is 1. The van der Waals surface area contributed by atoms with Gasteiger partial charge in [-0.25, -0.2) is 4.98 Å². The van der Waals surface area contributed by atoms with Crippen molar-refractivity contribution >= 4 is 5.69 Å². The first-order valence-electron chi connectivity index (χ1n) is 12.0. The number of nitrogens with zero attached hydrogens (tertiary/aromatic N) is 6. The molecule has 176 valence electrons. The number of fused-ring (bicyclic) bond motifs is 5. The van der Waals surface area contributed by atoms with Gasteiger partial charge in [-0.3, -0.25) is 4.57 Å². The highest BCUT2D eigenvalue weighted by Gasteiger charge is 2.32. The van der Waals surface area contributed by atoms with E-state index in [4.69, 9.17) is 5.26 Å². The van der Waals surface area contributed by atoms with Crippen LogP contribution in [0.15, 0.2) is 67.1 Å². The molecule has 1 unspecified atom stereocenters. The zero-order valence-electron chi connectivity index (χ0n) is 20.0. The molecular weight excluding hydrogens is 436 g/mol. The van der Waals surface area contributed by atoms with Crippen molar-refractivity contribution in [2.75, 3.05) is 38.6 Å². The van der Waals surface area contributed by atoms with Gasteiger partial charge in [0.15, 0.2) is 5.82 Å². The minimum absolute atomic E-state index is 0.245. The van der Waals surface area contributed by atoms with Crippen LogP contribution in [0.1, 0.15) is 11.1 Å². The lowest BCUT2D eigenvalue weighted by atomic mass is 10.1. The fourth-order valence-corrected chi connectivity index (χ4v) is 5.44. The second kappa shape index (κ2) is 8.42. The molecule has 2 aliphatic heterocycles. The fraction of sp³-hybridized carbons (Fsp3) is 0.286. The maximum absolute atomic E-state index is 10.6. The first-order valence-corrected chi connectivity index (χ1v) is 12.0. The van der Waals surface area contributed by atoms with E-state index in [1.54, 1.807) is 0 Å². The predicted octanol–water partition coefficient (Wildman–Crippen LogP) is 3.60. The summed E-state index contributed by atoms with van der Waals surface area (Å²) < 4.78 is 4.42. The topological polar surface area (TPSA) is 73.2 Å². The Morgan fingerprint density at radius 3 is 2.69 bits per heavy atom. The van der Waals surface area contributed by atoms with Crippen LogP contribution in [0.4, 0.5) is 5.69 Å². The van der Waals surface area contributed by atoms with Gasteiger partial charge in [-0.15, -0.1) is 0 Å². The van der Waals surface area contributed by atoms with Crippen LogP contribution in [0.3, 0.4) is 0 Å². The van der Waals surface area contributed by atoms with E-state index in [1.165, 1.54) is 5.56 Å². The van der Waals surface area contributed by atoms with Crippen LogP contribution in [0.25, 0.3) is 28.3 Å². The first kappa shape index (κ1) is 21.7. The summed E-state index contributed by atoms with van der Waals surface area (Å²) in [6.07, 6.45) is 5.72. The zero-order valence-corrected chi connectivity index (χ0v) is 20.0. The van der Waals surface area contributed by atoms with Crippen molar-refractivity contribution in [3.05, 3.63) is 78.2 Å². The molecule has 35 heavy (non-hydrogen) atoms. The van der Waals surface area contributed by atoms with Gasteiger partial charge in [0.2, 0.25) is 0 Å². The lowest BCUT2D eigenvalue weighted by Crippen LogP contribution is -2.29. The van der Waals surface area contributed by atoms with Crippen molar-refractivity contribution in [3.63, 3.8) is 0 Å². The van der Waals surface area contributed by atoms with Gasteiger partial charge in [-0.05, 0) is 61.6 Å². The summed E-state index contributed by atoms with van der Waals surface area (Å²) in [6.45, 7) is 3.12. The highest BCUT2D eigenvalue weighted by atomic mass is 16.3. The summed E-state index contributed by atoms with van der Waals surface area (Å²) in [5.74, 6) is 1.16.